The van der Waals surface area contributed by atoms with Gasteiger partial charge in [-0.25, -0.2) is 4.79 Å². The molecular formula is C22H14Cl2N4O3S2. The summed E-state index contributed by atoms with van der Waals surface area (Å²) in [6, 6.07) is 14.0. The lowest BCUT2D eigenvalue weighted by Crippen LogP contribution is -2.21. The minimum Gasteiger partial charge on any atom is -0.421 e. The summed E-state index contributed by atoms with van der Waals surface area (Å²) < 4.78 is 7.06. The number of hydrogen-bond acceptors (Lipinski definition) is 8. The van der Waals surface area contributed by atoms with E-state index in [9.17, 15) is 9.59 Å². The summed E-state index contributed by atoms with van der Waals surface area (Å²) in [5.74, 6) is 1.83. The van der Waals surface area contributed by atoms with Crippen LogP contribution in [0.15, 0.2) is 68.0 Å². The lowest BCUT2D eigenvalue weighted by atomic mass is 10.1. The molecule has 0 spiro atoms. The maximum atomic E-state index is 12.7. The number of thioether (sulfide) groups is 2. The molecule has 0 saturated heterocycles. The minimum atomic E-state index is -0.535. The van der Waals surface area contributed by atoms with E-state index in [1.54, 1.807) is 28.9 Å². The van der Waals surface area contributed by atoms with Crippen LogP contribution in [0.1, 0.15) is 21.7 Å². The first kappa shape index (κ1) is 22.2. The molecule has 2 aromatic carbocycles. The number of rotatable bonds is 6. The molecule has 33 heavy (non-hydrogen) atoms. The minimum absolute atomic E-state index is 0.0450. The fourth-order valence-corrected chi connectivity index (χ4v) is 5.50. The van der Waals surface area contributed by atoms with Gasteiger partial charge in [-0.05, 0) is 18.2 Å². The van der Waals surface area contributed by atoms with E-state index in [0.717, 1.165) is 0 Å². The Kier molecular flexibility index (Phi) is 6.29. The zero-order valence-electron chi connectivity index (χ0n) is 16.8. The second-order valence-electron chi connectivity index (χ2n) is 7.08. The Labute approximate surface area is 206 Å². The van der Waals surface area contributed by atoms with Crippen molar-refractivity contribution in [3.63, 3.8) is 0 Å². The van der Waals surface area contributed by atoms with Gasteiger partial charge < -0.3 is 4.42 Å². The number of ketones is 1. The molecule has 7 nitrogen and oxygen atoms in total. The van der Waals surface area contributed by atoms with E-state index in [1.165, 1.54) is 29.6 Å². The number of aromatic nitrogens is 3. The van der Waals surface area contributed by atoms with Crippen LogP contribution in [0.5, 0.6) is 0 Å². The van der Waals surface area contributed by atoms with Gasteiger partial charge in [0.2, 0.25) is 5.16 Å². The molecule has 0 fully saturated rings. The van der Waals surface area contributed by atoms with Crippen molar-refractivity contribution in [2.75, 3.05) is 11.5 Å². The van der Waals surface area contributed by atoms with E-state index in [0.29, 0.717) is 55.5 Å². The third-order valence-electron chi connectivity index (χ3n) is 4.86. The molecule has 0 radical (unpaired) electrons. The monoisotopic (exact) mass is 516 g/mol. The van der Waals surface area contributed by atoms with Crippen LogP contribution in [0.4, 0.5) is 0 Å². The Morgan fingerprint density at radius 3 is 2.79 bits per heavy atom. The molecule has 11 heteroatoms. The highest BCUT2D eigenvalue weighted by Crippen LogP contribution is 2.29. The van der Waals surface area contributed by atoms with Gasteiger partial charge in [0.05, 0.1) is 27.8 Å². The van der Waals surface area contributed by atoms with Crippen molar-refractivity contribution >= 4 is 69.2 Å². The molecule has 3 heterocycles. The number of carbonyl (C=O) groups excluding carboxylic acids is 1. The normalized spacial score (nSPS) is 13.1. The Morgan fingerprint density at radius 1 is 1.15 bits per heavy atom. The predicted molar refractivity (Wildman–Crippen MR) is 132 cm³/mol. The number of hydrogen-bond donors (Lipinski definition) is 0. The molecule has 5 rings (SSSR count). The zero-order chi connectivity index (χ0) is 22.9. The molecule has 1 aliphatic rings. The molecular weight excluding hydrogens is 503 g/mol. The summed E-state index contributed by atoms with van der Waals surface area (Å²) in [7, 11) is 0. The average molecular weight is 517 g/mol. The average Bonchev–Trinajstić information content (AvgIpc) is 3.22. The molecule has 1 aliphatic heterocycles. The third kappa shape index (κ3) is 4.59. The van der Waals surface area contributed by atoms with Crippen LogP contribution in [-0.4, -0.2) is 37.9 Å². The van der Waals surface area contributed by atoms with Crippen LogP contribution < -0.4 is 5.63 Å². The van der Waals surface area contributed by atoms with Crippen molar-refractivity contribution in [2.24, 2.45) is 5.10 Å². The maximum absolute atomic E-state index is 12.7. The topological polar surface area (TPSA) is 90.3 Å². The molecule has 0 aliphatic carbocycles. The summed E-state index contributed by atoms with van der Waals surface area (Å²) in [6.07, 6.45) is 0. The first-order chi connectivity index (χ1) is 16.0. The van der Waals surface area contributed by atoms with E-state index in [-0.39, 0.29) is 16.4 Å². The standard InChI is InChI=1S/C22H14Cl2N4O3S2/c23-14-6-13-7-15(21(30)31-20(13)16(24)8-14)17-9-33-22-26-25-19(28(22)27-17)11-32-10-18(29)12-4-2-1-3-5-12/h1-8H,9-11H2. The van der Waals surface area contributed by atoms with Crippen LogP contribution in [0.2, 0.25) is 10.0 Å². The highest BCUT2D eigenvalue weighted by atomic mass is 35.5. The molecule has 0 bridgehead atoms. The third-order valence-corrected chi connectivity index (χ3v) is 7.22. The number of Topliss-reactive ketones (excluding diaryl/α,β-unsaturated/α-hetero) is 1. The summed E-state index contributed by atoms with van der Waals surface area (Å²) in [4.78, 5) is 25.0. The fraction of sp³-hybridized carbons (Fsp3) is 0.136. The molecule has 0 atom stereocenters. The van der Waals surface area contributed by atoms with E-state index < -0.39 is 5.63 Å². The van der Waals surface area contributed by atoms with Gasteiger partial charge in [0.1, 0.15) is 0 Å². The van der Waals surface area contributed by atoms with Crippen molar-refractivity contribution < 1.29 is 9.21 Å². The maximum Gasteiger partial charge on any atom is 0.345 e. The smallest absolute Gasteiger partial charge is 0.345 e. The van der Waals surface area contributed by atoms with Gasteiger partial charge in [-0.2, -0.15) is 9.78 Å². The van der Waals surface area contributed by atoms with Gasteiger partial charge in [0.25, 0.3) is 0 Å². The van der Waals surface area contributed by atoms with E-state index in [4.69, 9.17) is 27.6 Å². The molecule has 0 N–H and O–H groups in total. The van der Waals surface area contributed by atoms with Crippen molar-refractivity contribution in [3.05, 3.63) is 85.9 Å². The van der Waals surface area contributed by atoms with E-state index in [2.05, 4.69) is 15.3 Å². The molecule has 0 amide bonds. The lowest BCUT2D eigenvalue weighted by molar-refractivity contribution is 0.102. The zero-order valence-corrected chi connectivity index (χ0v) is 20.0. The van der Waals surface area contributed by atoms with Crippen LogP contribution in [0, 0.1) is 0 Å². The number of nitrogens with zero attached hydrogens (tertiary/aromatic N) is 4. The summed E-state index contributed by atoms with van der Waals surface area (Å²) in [6.45, 7) is 0. The van der Waals surface area contributed by atoms with Crippen LogP contribution in [0.3, 0.4) is 0 Å². The fourth-order valence-electron chi connectivity index (χ4n) is 3.29. The number of fused-ring (bicyclic) bond motifs is 2. The van der Waals surface area contributed by atoms with Crippen LogP contribution in [0.25, 0.3) is 11.0 Å². The Morgan fingerprint density at radius 2 is 1.97 bits per heavy atom. The number of benzene rings is 2. The first-order valence-corrected chi connectivity index (χ1v) is 12.6. The van der Waals surface area contributed by atoms with Gasteiger partial charge >= 0.3 is 5.63 Å². The van der Waals surface area contributed by atoms with Crippen molar-refractivity contribution in [1.29, 1.82) is 0 Å². The summed E-state index contributed by atoms with van der Waals surface area (Å²) in [5, 5.41) is 14.9. The molecule has 2 aromatic heterocycles. The van der Waals surface area contributed by atoms with Crippen molar-refractivity contribution in [2.45, 2.75) is 10.9 Å². The SMILES string of the molecule is O=C(CSCc1nnc2n1N=C(c1cc3cc(Cl)cc(Cl)c3oc1=O)CS2)c1ccccc1. The predicted octanol–water partition coefficient (Wildman–Crippen LogP) is 5.17. The van der Waals surface area contributed by atoms with Gasteiger partial charge in [-0.15, -0.1) is 22.0 Å². The summed E-state index contributed by atoms with van der Waals surface area (Å²) in [5.41, 5.74) is 1.28. The molecule has 166 valence electrons. The van der Waals surface area contributed by atoms with E-state index in [1.807, 2.05) is 18.2 Å². The van der Waals surface area contributed by atoms with Crippen molar-refractivity contribution in [3.8, 4) is 0 Å². The van der Waals surface area contributed by atoms with Gasteiger partial charge in [-0.3, -0.25) is 4.79 Å². The first-order valence-electron chi connectivity index (χ1n) is 9.74. The molecule has 4 aromatic rings. The van der Waals surface area contributed by atoms with Crippen molar-refractivity contribution in [1.82, 2.24) is 14.9 Å². The van der Waals surface area contributed by atoms with Crippen LogP contribution in [-0.2, 0) is 5.75 Å². The largest absolute Gasteiger partial charge is 0.421 e. The second-order valence-corrected chi connectivity index (χ2v) is 9.85. The number of halogens is 2. The van der Waals surface area contributed by atoms with Gasteiger partial charge in [-0.1, -0.05) is 65.3 Å². The lowest BCUT2D eigenvalue weighted by Gasteiger charge is -2.13. The number of carbonyl (C=O) groups is 1. The Balaban J connectivity index is 1.39. The summed E-state index contributed by atoms with van der Waals surface area (Å²) >= 11 is 15.1. The highest BCUT2D eigenvalue weighted by Gasteiger charge is 2.23. The molecule has 0 saturated carbocycles. The molecule has 0 unspecified atom stereocenters. The Hall–Kier alpha value is -2.59. The quantitative estimate of drug-likeness (QED) is 0.258. The van der Waals surface area contributed by atoms with E-state index >= 15 is 0 Å². The second kappa shape index (κ2) is 9.34. The Bertz CT molecular complexity index is 1470. The van der Waals surface area contributed by atoms with Crippen LogP contribution >= 0.6 is 46.7 Å². The van der Waals surface area contributed by atoms with Gasteiger partial charge in [0.15, 0.2) is 17.2 Å². The highest BCUT2D eigenvalue weighted by molar-refractivity contribution is 8.00. The van der Waals surface area contributed by atoms with Gasteiger partial charge in [0, 0.05) is 21.7 Å².